The van der Waals surface area contributed by atoms with E-state index < -0.39 is 0 Å². The first-order valence-corrected chi connectivity index (χ1v) is 11.1. The summed E-state index contributed by atoms with van der Waals surface area (Å²) >= 11 is 0. The van der Waals surface area contributed by atoms with Crippen molar-refractivity contribution in [1.82, 2.24) is 10.2 Å². The van der Waals surface area contributed by atoms with E-state index in [9.17, 15) is 9.59 Å². The van der Waals surface area contributed by atoms with Gasteiger partial charge in [0.15, 0.2) is 0 Å². The maximum atomic E-state index is 12.4. The van der Waals surface area contributed by atoms with Gasteiger partial charge in [0.1, 0.15) is 17.9 Å². The smallest absolute Gasteiger partial charge is 0.234 e. The molecule has 1 saturated heterocycles. The molecule has 2 amide bonds. The largest absolute Gasteiger partial charge is 0.492 e. The molecule has 0 aliphatic carbocycles. The Morgan fingerprint density at radius 3 is 2.74 bits per heavy atom. The van der Waals surface area contributed by atoms with Crippen LogP contribution in [0.15, 0.2) is 41.0 Å². The molecular formula is C25H30N2O4. The lowest BCUT2D eigenvalue weighted by atomic mass is 9.89. The molecule has 6 heteroatoms. The Morgan fingerprint density at radius 2 is 2.00 bits per heavy atom. The normalized spacial score (nSPS) is 17.1. The van der Waals surface area contributed by atoms with Gasteiger partial charge in [0.25, 0.3) is 0 Å². The number of piperidine rings is 1. The first-order valence-electron chi connectivity index (χ1n) is 11.1. The Balaban J connectivity index is 1.56. The number of amides is 2. The standard InChI is InChI=1S/C25H30N2O4/c1-4-17(5-2)27(3)12-13-30-18-7-8-19-16(14-18)6-10-22-24(19)21(15-31-22)20-9-11-23(28)26-25(20)29/h6-8,10,14-15,17,20H,4-5,9,11-13H2,1-3H3,(H,26,28,29). The number of hydrogen-bond acceptors (Lipinski definition) is 5. The lowest BCUT2D eigenvalue weighted by Gasteiger charge is -2.25. The summed E-state index contributed by atoms with van der Waals surface area (Å²) in [6, 6.07) is 10.6. The number of nitrogens with one attached hydrogen (secondary N) is 1. The van der Waals surface area contributed by atoms with Crippen LogP contribution in [-0.4, -0.2) is 43.0 Å². The van der Waals surface area contributed by atoms with Gasteiger partial charge < -0.3 is 14.1 Å². The van der Waals surface area contributed by atoms with Gasteiger partial charge in [0.05, 0.1) is 12.2 Å². The van der Waals surface area contributed by atoms with E-state index in [0.717, 1.165) is 52.4 Å². The molecule has 2 heterocycles. The maximum Gasteiger partial charge on any atom is 0.234 e. The predicted octanol–water partition coefficient (Wildman–Crippen LogP) is 4.61. The van der Waals surface area contributed by atoms with Crippen LogP contribution in [0.25, 0.3) is 21.7 Å². The fraction of sp³-hybridized carbons (Fsp3) is 0.440. The van der Waals surface area contributed by atoms with Crippen LogP contribution in [0, 0.1) is 0 Å². The number of carbonyl (C=O) groups excluding carboxylic acids is 2. The molecule has 0 radical (unpaired) electrons. The van der Waals surface area contributed by atoms with E-state index >= 15 is 0 Å². The predicted molar refractivity (Wildman–Crippen MR) is 121 cm³/mol. The molecule has 6 nitrogen and oxygen atoms in total. The molecule has 3 aromatic rings. The Bertz CT molecular complexity index is 1100. The number of imide groups is 1. The van der Waals surface area contributed by atoms with Gasteiger partial charge in [0, 0.05) is 30.0 Å². The average Bonchev–Trinajstić information content (AvgIpc) is 3.19. The summed E-state index contributed by atoms with van der Waals surface area (Å²) in [5, 5.41) is 5.44. The molecule has 1 N–H and O–H groups in total. The van der Waals surface area contributed by atoms with E-state index in [1.807, 2.05) is 30.3 Å². The van der Waals surface area contributed by atoms with E-state index in [1.54, 1.807) is 6.26 Å². The highest BCUT2D eigenvalue weighted by atomic mass is 16.5. The number of likely N-dealkylation sites (N-methyl/N-ethyl adjacent to an activating group) is 1. The highest BCUT2D eigenvalue weighted by Gasteiger charge is 2.31. The molecule has 1 aliphatic rings. The number of benzene rings is 2. The number of nitrogens with zero attached hydrogens (tertiary/aromatic N) is 1. The van der Waals surface area contributed by atoms with Crippen LogP contribution in [0.3, 0.4) is 0 Å². The van der Waals surface area contributed by atoms with Gasteiger partial charge in [-0.05, 0) is 61.3 Å². The van der Waals surface area contributed by atoms with E-state index in [1.165, 1.54) is 0 Å². The van der Waals surface area contributed by atoms with Crippen molar-refractivity contribution in [2.45, 2.75) is 51.5 Å². The quantitative estimate of drug-likeness (QED) is 0.537. The molecule has 164 valence electrons. The summed E-state index contributed by atoms with van der Waals surface area (Å²) in [4.78, 5) is 26.3. The second-order valence-electron chi connectivity index (χ2n) is 8.32. The summed E-state index contributed by atoms with van der Waals surface area (Å²) in [6.45, 7) is 5.95. The topological polar surface area (TPSA) is 71.8 Å². The molecule has 1 aromatic heterocycles. The minimum atomic E-state index is -0.374. The minimum absolute atomic E-state index is 0.212. The zero-order chi connectivity index (χ0) is 22.0. The monoisotopic (exact) mass is 422 g/mol. The van der Waals surface area contributed by atoms with Crippen molar-refractivity contribution in [2.24, 2.45) is 0 Å². The SMILES string of the molecule is CCC(CC)N(C)CCOc1ccc2c(ccc3occ(C4CCC(=O)NC4=O)c32)c1. The van der Waals surface area contributed by atoms with Crippen molar-refractivity contribution < 1.29 is 18.7 Å². The first kappa shape index (κ1) is 21.4. The van der Waals surface area contributed by atoms with Crippen LogP contribution >= 0.6 is 0 Å². The van der Waals surface area contributed by atoms with E-state index in [2.05, 4.69) is 31.1 Å². The van der Waals surface area contributed by atoms with Crippen LogP contribution in [0.1, 0.15) is 51.0 Å². The molecule has 1 fully saturated rings. The third kappa shape index (κ3) is 4.30. The fourth-order valence-electron chi connectivity index (χ4n) is 4.61. The Kier molecular flexibility index (Phi) is 6.28. The maximum absolute atomic E-state index is 12.4. The van der Waals surface area contributed by atoms with Crippen LogP contribution in [-0.2, 0) is 9.59 Å². The Labute approximate surface area is 182 Å². The van der Waals surface area contributed by atoms with Gasteiger partial charge in [-0.2, -0.15) is 0 Å². The number of fused-ring (bicyclic) bond motifs is 3. The number of rotatable bonds is 8. The van der Waals surface area contributed by atoms with Crippen LogP contribution < -0.4 is 10.1 Å². The van der Waals surface area contributed by atoms with Gasteiger partial charge in [-0.3, -0.25) is 14.9 Å². The lowest BCUT2D eigenvalue weighted by molar-refractivity contribution is -0.134. The molecule has 4 rings (SSSR count). The highest BCUT2D eigenvalue weighted by molar-refractivity contribution is 6.10. The molecule has 1 atom stereocenters. The first-order chi connectivity index (χ1) is 15.0. The zero-order valence-corrected chi connectivity index (χ0v) is 18.4. The van der Waals surface area contributed by atoms with Crippen molar-refractivity contribution in [3.05, 3.63) is 42.2 Å². The number of hydrogen-bond donors (Lipinski definition) is 1. The fourth-order valence-corrected chi connectivity index (χ4v) is 4.61. The molecule has 0 bridgehead atoms. The zero-order valence-electron chi connectivity index (χ0n) is 18.4. The minimum Gasteiger partial charge on any atom is -0.492 e. The van der Waals surface area contributed by atoms with Gasteiger partial charge in [0.2, 0.25) is 11.8 Å². The van der Waals surface area contributed by atoms with Crippen molar-refractivity contribution in [2.75, 3.05) is 20.2 Å². The Morgan fingerprint density at radius 1 is 1.19 bits per heavy atom. The molecule has 1 aliphatic heterocycles. The number of ether oxygens (including phenoxy) is 1. The highest BCUT2D eigenvalue weighted by Crippen LogP contribution is 2.37. The number of furan rings is 1. The Hall–Kier alpha value is -2.86. The van der Waals surface area contributed by atoms with Crippen molar-refractivity contribution in [1.29, 1.82) is 0 Å². The summed E-state index contributed by atoms with van der Waals surface area (Å²) in [5.41, 5.74) is 1.58. The summed E-state index contributed by atoms with van der Waals surface area (Å²) in [7, 11) is 2.15. The van der Waals surface area contributed by atoms with Gasteiger partial charge >= 0.3 is 0 Å². The number of carbonyl (C=O) groups is 2. The third-order valence-corrected chi connectivity index (χ3v) is 6.45. The van der Waals surface area contributed by atoms with Gasteiger partial charge in [-0.25, -0.2) is 0 Å². The van der Waals surface area contributed by atoms with Crippen LogP contribution in [0.5, 0.6) is 5.75 Å². The summed E-state index contributed by atoms with van der Waals surface area (Å²) < 4.78 is 11.8. The second-order valence-corrected chi connectivity index (χ2v) is 8.32. The van der Waals surface area contributed by atoms with Crippen molar-refractivity contribution in [3.8, 4) is 5.75 Å². The summed E-state index contributed by atoms with van der Waals surface area (Å²) in [6.07, 6.45) is 4.78. The van der Waals surface area contributed by atoms with Crippen LogP contribution in [0.4, 0.5) is 0 Å². The lowest BCUT2D eigenvalue weighted by Crippen LogP contribution is -2.39. The van der Waals surface area contributed by atoms with E-state index in [4.69, 9.17) is 9.15 Å². The molecule has 0 spiro atoms. The molecule has 0 saturated carbocycles. The van der Waals surface area contributed by atoms with E-state index in [-0.39, 0.29) is 17.7 Å². The van der Waals surface area contributed by atoms with Gasteiger partial charge in [-0.15, -0.1) is 0 Å². The average molecular weight is 423 g/mol. The second kappa shape index (κ2) is 9.10. The summed E-state index contributed by atoms with van der Waals surface area (Å²) in [5.74, 6) is -0.00929. The third-order valence-electron chi connectivity index (χ3n) is 6.45. The van der Waals surface area contributed by atoms with Crippen LogP contribution in [0.2, 0.25) is 0 Å². The van der Waals surface area contributed by atoms with Gasteiger partial charge in [-0.1, -0.05) is 19.9 Å². The van der Waals surface area contributed by atoms with Crippen molar-refractivity contribution in [3.63, 3.8) is 0 Å². The van der Waals surface area contributed by atoms with E-state index in [0.29, 0.717) is 25.5 Å². The molecular weight excluding hydrogens is 392 g/mol. The molecule has 2 aromatic carbocycles. The molecule has 31 heavy (non-hydrogen) atoms. The van der Waals surface area contributed by atoms with Crippen molar-refractivity contribution >= 4 is 33.6 Å². The molecule has 1 unspecified atom stereocenters.